The van der Waals surface area contributed by atoms with Crippen LogP contribution < -0.4 is 0 Å². The van der Waals surface area contributed by atoms with Crippen LogP contribution in [-0.4, -0.2) is 37.2 Å². The molecule has 0 fully saturated rings. The monoisotopic (exact) mass is 857 g/mol. The van der Waals surface area contributed by atoms with Crippen LogP contribution in [0.25, 0.3) is 0 Å². The predicted molar refractivity (Wildman–Crippen MR) is 261 cm³/mol. The quantitative estimate of drug-likeness (QED) is 0.0262. The molecule has 0 saturated heterocycles. The molecule has 0 aromatic heterocycles. The first-order valence-electron chi connectivity index (χ1n) is 26.5. The molecule has 0 saturated carbocycles. The first-order chi connectivity index (χ1) is 30.0. The molecule has 0 heterocycles. The Morgan fingerprint density at radius 1 is 0.328 bits per heavy atom. The van der Waals surface area contributed by atoms with E-state index >= 15 is 0 Å². The van der Waals surface area contributed by atoms with Crippen LogP contribution in [0.15, 0.2) is 36.5 Å². The van der Waals surface area contributed by atoms with Gasteiger partial charge in [0.2, 0.25) is 0 Å². The lowest BCUT2D eigenvalue weighted by atomic mass is 10.0. The molecule has 0 aromatic rings. The zero-order chi connectivity index (χ0) is 44.4. The van der Waals surface area contributed by atoms with Crippen molar-refractivity contribution in [2.45, 2.75) is 284 Å². The summed E-state index contributed by atoms with van der Waals surface area (Å²) in [6, 6.07) is 0. The van der Waals surface area contributed by atoms with Gasteiger partial charge in [0.15, 0.2) is 6.10 Å². The van der Waals surface area contributed by atoms with E-state index in [0.717, 1.165) is 51.4 Å². The summed E-state index contributed by atoms with van der Waals surface area (Å²) in [6.45, 7) is 6.59. The van der Waals surface area contributed by atoms with Crippen molar-refractivity contribution in [1.29, 1.82) is 0 Å². The number of ether oxygens (including phenoxy) is 3. The van der Waals surface area contributed by atoms with Crippen molar-refractivity contribution in [2.75, 3.05) is 13.2 Å². The third-order valence-corrected chi connectivity index (χ3v) is 11.6. The van der Waals surface area contributed by atoms with Crippen molar-refractivity contribution < 1.29 is 28.6 Å². The van der Waals surface area contributed by atoms with E-state index < -0.39 is 6.10 Å². The molecule has 0 bridgehead atoms. The lowest BCUT2D eigenvalue weighted by Gasteiger charge is -2.18. The molecule has 0 aliphatic heterocycles. The Morgan fingerprint density at radius 3 is 1.03 bits per heavy atom. The fourth-order valence-corrected chi connectivity index (χ4v) is 7.61. The lowest BCUT2D eigenvalue weighted by molar-refractivity contribution is -0.166. The summed E-state index contributed by atoms with van der Waals surface area (Å²) in [4.78, 5) is 37.9. The van der Waals surface area contributed by atoms with E-state index in [1.807, 2.05) is 6.08 Å². The number of rotatable bonds is 48. The van der Waals surface area contributed by atoms with Crippen molar-refractivity contribution in [1.82, 2.24) is 0 Å². The Labute approximate surface area is 378 Å². The Bertz CT molecular complexity index is 1030. The van der Waals surface area contributed by atoms with Gasteiger partial charge in [-0.3, -0.25) is 14.4 Å². The summed E-state index contributed by atoms with van der Waals surface area (Å²) in [5.74, 6) is -0.951. The second-order valence-electron chi connectivity index (χ2n) is 17.8. The normalized spacial score (nSPS) is 12.2. The summed E-state index contributed by atoms with van der Waals surface area (Å²) in [5, 5.41) is 0. The Balaban J connectivity index is 4.41. The molecule has 0 aromatic carbocycles. The van der Waals surface area contributed by atoms with Gasteiger partial charge in [0.25, 0.3) is 0 Å². The molecule has 0 aliphatic rings. The maximum absolute atomic E-state index is 12.8. The van der Waals surface area contributed by atoms with Gasteiger partial charge in [0, 0.05) is 19.3 Å². The van der Waals surface area contributed by atoms with Crippen molar-refractivity contribution in [3.8, 4) is 0 Å². The van der Waals surface area contributed by atoms with Gasteiger partial charge in [-0.25, -0.2) is 0 Å². The lowest BCUT2D eigenvalue weighted by Crippen LogP contribution is -2.30. The first kappa shape index (κ1) is 58.6. The number of carbonyl (C=O) groups excluding carboxylic acids is 3. The number of hydrogen-bond donors (Lipinski definition) is 0. The van der Waals surface area contributed by atoms with Crippen LogP contribution in [0.2, 0.25) is 0 Å². The van der Waals surface area contributed by atoms with Crippen molar-refractivity contribution in [3.05, 3.63) is 36.5 Å². The summed E-state index contributed by atoms with van der Waals surface area (Å²) in [5.41, 5.74) is 0. The van der Waals surface area contributed by atoms with Gasteiger partial charge in [0.1, 0.15) is 13.2 Å². The Morgan fingerprint density at radius 2 is 0.623 bits per heavy atom. The minimum absolute atomic E-state index is 0.0884. The van der Waals surface area contributed by atoms with Gasteiger partial charge < -0.3 is 14.2 Å². The molecular formula is C55H100O6. The number of unbranched alkanes of at least 4 members (excludes halogenated alkanes) is 31. The maximum Gasteiger partial charge on any atom is 0.306 e. The topological polar surface area (TPSA) is 78.9 Å². The minimum atomic E-state index is -0.792. The number of carbonyl (C=O) groups is 3. The second kappa shape index (κ2) is 50.3. The molecule has 0 rings (SSSR count). The minimum Gasteiger partial charge on any atom is -0.462 e. The fraction of sp³-hybridized carbons (Fsp3) is 0.836. The smallest absolute Gasteiger partial charge is 0.306 e. The number of hydrogen-bond acceptors (Lipinski definition) is 6. The zero-order valence-electron chi connectivity index (χ0n) is 40.7. The number of allylic oxidation sites excluding steroid dienone is 6. The second-order valence-corrected chi connectivity index (χ2v) is 17.8. The predicted octanol–water partition coefficient (Wildman–Crippen LogP) is 17.3. The molecule has 61 heavy (non-hydrogen) atoms. The third-order valence-electron chi connectivity index (χ3n) is 11.6. The summed E-state index contributed by atoms with van der Waals surface area (Å²) >= 11 is 0. The van der Waals surface area contributed by atoms with Gasteiger partial charge in [-0.15, -0.1) is 0 Å². The van der Waals surface area contributed by atoms with E-state index in [9.17, 15) is 14.4 Å². The van der Waals surface area contributed by atoms with E-state index in [1.54, 1.807) is 0 Å². The molecule has 0 aliphatic carbocycles. The van der Waals surface area contributed by atoms with Crippen LogP contribution in [0.1, 0.15) is 278 Å². The molecule has 0 spiro atoms. The van der Waals surface area contributed by atoms with E-state index in [2.05, 4.69) is 51.2 Å². The SMILES string of the molecule is CCCCCC/C=C\CCCCCCCCCC(=O)OCC(COC(=O)CC/C=C\C/C=C\CCCCCCCC)OC(=O)CCCCCCCCCCCCCCCCC. The molecule has 356 valence electrons. The highest BCUT2D eigenvalue weighted by molar-refractivity contribution is 5.71. The molecule has 6 heteroatoms. The highest BCUT2D eigenvalue weighted by atomic mass is 16.6. The van der Waals surface area contributed by atoms with Crippen LogP contribution in [0, 0.1) is 0 Å². The zero-order valence-corrected chi connectivity index (χ0v) is 40.7. The van der Waals surface area contributed by atoms with E-state index in [4.69, 9.17) is 14.2 Å². The van der Waals surface area contributed by atoms with E-state index in [0.29, 0.717) is 19.3 Å². The van der Waals surface area contributed by atoms with Gasteiger partial charge in [-0.1, -0.05) is 231 Å². The van der Waals surface area contributed by atoms with Crippen LogP contribution in [0.3, 0.4) is 0 Å². The molecule has 1 atom stereocenters. The summed E-state index contributed by atoms with van der Waals surface area (Å²) in [7, 11) is 0. The Hall–Kier alpha value is -2.37. The first-order valence-corrected chi connectivity index (χ1v) is 26.5. The summed E-state index contributed by atoms with van der Waals surface area (Å²) in [6.07, 6.45) is 58.5. The average Bonchev–Trinajstić information content (AvgIpc) is 3.26. The molecule has 1 unspecified atom stereocenters. The van der Waals surface area contributed by atoms with Gasteiger partial charge in [-0.2, -0.15) is 0 Å². The summed E-state index contributed by atoms with van der Waals surface area (Å²) < 4.78 is 16.7. The van der Waals surface area contributed by atoms with Crippen molar-refractivity contribution >= 4 is 17.9 Å². The highest BCUT2D eigenvalue weighted by Crippen LogP contribution is 2.16. The fourth-order valence-electron chi connectivity index (χ4n) is 7.61. The van der Waals surface area contributed by atoms with Gasteiger partial charge >= 0.3 is 17.9 Å². The average molecular weight is 857 g/mol. The van der Waals surface area contributed by atoms with Crippen LogP contribution >= 0.6 is 0 Å². The molecule has 6 nitrogen and oxygen atoms in total. The Kier molecular flexibility index (Phi) is 48.3. The standard InChI is InChI=1S/C55H100O6/c1-4-7-10-13-16-19-22-25-27-30-33-36-39-42-45-48-54(57)60-51-52(50-59-53(56)47-44-41-38-35-32-29-24-21-18-15-12-9-6-3)61-55(58)49-46-43-40-37-34-31-28-26-23-20-17-14-11-8-5-2/h19,22,29,32,38,41,52H,4-18,20-21,23-28,30-31,33-37,39-40,42-51H2,1-3H3/b22-19-,32-29-,41-38-. The highest BCUT2D eigenvalue weighted by Gasteiger charge is 2.19. The maximum atomic E-state index is 12.8. The number of esters is 3. The van der Waals surface area contributed by atoms with Crippen LogP contribution in [0.4, 0.5) is 0 Å². The molecule has 0 N–H and O–H groups in total. The largest absolute Gasteiger partial charge is 0.462 e. The molecule has 0 radical (unpaired) electrons. The third kappa shape index (κ3) is 48.5. The molecule has 0 amide bonds. The van der Waals surface area contributed by atoms with Crippen molar-refractivity contribution in [3.63, 3.8) is 0 Å². The molecular weight excluding hydrogens is 757 g/mol. The van der Waals surface area contributed by atoms with Crippen molar-refractivity contribution in [2.24, 2.45) is 0 Å². The van der Waals surface area contributed by atoms with Gasteiger partial charge in [0.05, 0.1) is 0 Å². The van der Waals surface area contributed by atoms with E-state index in [-0.39, 0.29) is 37.5 Å². The van der Waals surface area contributed by atoms with E-state index in [1.165, 1.54) is 180 Å². The van der Waals surface area contributed by atoms with Crippen LogP contribution in [0.5, 0.6) is 0 Å². The van der Waals surface area contributed by atoms with Crippen LogP contribution in [-0.2, 0) is 28.6 Å². The van der Waals surface area contributed by atoms with Gasteiger partial charge in [-0.05, 0) is 64.2 Å².